The third-order valence-corrected chi connectivity index (χ3v) is 5.28. The van der Waals surface area contributed by atoms with Gasteiger partial charge in [-0.1, -0.05) is 48.5 Å². The van der Waals surface area contributed by atoms with Crippen molar-refractivity contribution in [1.29, 1.82) is 0 Å². The molecule has 0 saturated carbocycles. The Kier molecular flexibility index (Phi) is 5.75. The van der Waals surface area contributed by atoms with Crippen LogP contribution in [0.1, 0.15) is 41.6 Å². The highest BCUT2D eigenvalue weighted by Gasteiger charge is 2.27. The Morgan fingerprint density at radius 1 is 1.07 bits per heavy atom. The Morgan fingerprint density at radius 3 is 2.57 bits per heavy atom. The summed E-state index contributed by atoms with van der Waals surface area (Å²) in [5.74, 6) is -0.161. The van der Waals surface area contributed by atoms with E-state index >= 15 is 0 Å². The van der Waals surface area contributed by atoms with Crippen LogP contribution < -0.4 is 5.32 Å². The number of fused-ring (bicyclic) bond motifs is 1. The Balaban J connectivity index is 1.37. The second-order valence-electron chi connectivity index (χ2n) is 7.42. The average Bonchev–Trinajstić information content (AvgIpc) is 3.26. The van der Waals surface area contributed by atoms with Crippen molar-refractivity contribution in [2.45, 2.75) is 32.5 Å². The van der Waals surface area contributed by atoms with Gasteiger partial charge in [-0.15, -0.1) is 0 Å². The van der Waals surface area contributed by atoms with Crippen molar-refractivity contribution in [3.05, 3.63) is 95.7 Å². The van der Waals surface area contributed by atoms with Crippen LogP contribution in [0.3, 0.4) is 0 Å². The third kappa shape index (κ3) is 4.49. The van der Waals surface area contributed by atoms with Crippen LogP contribution in [0, 0.1) is 0 Å². The number of hydrogen-bond donors (Lipinski definition) is 1. The molecule has 0 aliphatic carbocycles. The Labute approximate surface area is 175 Å². The lowest BCUT2D eigenvalue weighted by molar-refractivity contribution is -0.130. The zero-order valence-electron chi connectivity index (χ0n) is 16.9. The molecule has 0 radical (unpaired) electrons. The van der Waals surface area contributed by atoms with Gasteiger partial charge in [0.1, 0.15) is 0 Å². The molecule has 4 rings (SSSR count). The fraction of sp³-hybridized carbons (Fsp3) is 0.208. The van der Waals surface area contributed by atoms with E-state index in [2.05, 4.69) is 22.4 Å². The highest BCUT2D eigenvalue weighted by Crippen LogP contribution is 2.32. The minimum absolute atomic E-state index is 0.0768. The predicted molar refractivity (Wildman–Crippen MR) is 115 cm³/mol. The predicted octanol–water partition coefficient (Wildman–Crippen LogP) is 3.51. The van der Waals surface area contributed by atoms with Gasteiger partial charge < -0.3 is 14.8 Å². The van der Waals surface area contributed by atoms with Crippen molar-refractivity contribution >= 4 is 17.9 Å². The van der Waals surface area contributed by atoms with E-state index in [1.807, 2.05) is 53.2 Å². The highest BCUT2D eigenvalue weighted by molar-refractivity contribution is 5.81. The zero-order valence-corrected chi connectivity index (χ0v) is 16.9. The number of nitrogens with one attached hydrogen (secondary N) is 1. The van der Waals surface area contributed by atoms with Crippen LogP contribution in [0.25, 0.3) is 6.08 Å². The molecule has 2 heterocycles. The molecule has 30 heavy (non-hydrogen) atoms. The summed E-state index contributed by atoms with van der Waals surface area (Å²) >= 11 is 0. The molecule has 0 spiro atoms. The van der Waals surface area contributed by atoms with Crippen LogP contribution in [0.15, 0.2) is 73.5 Å². The largest absolute Gasteiger partial charge is 0.352 e. The third-order valence-electron chi connectivity index (χ3n) is 5.28. The quantitative estimate of drug-likeness (QED) is 0.689. The summed E-state index contributed by atoms with van der Waals surface area (Å²) in [7, 11) is 0. The van der Waals surface area contributed by atoms with Gasteiger partial charge in [0, 0.05) is 38.6 Å². The molecule has 6 nitrogen and oxygen atoms in total. The van der Waals surface area contributed by atoms with Crippen molar-refractivity contribution in [1.82, 2.24) is 19.8 Å². The van der Waals surface area contributed by atoms with Crippen molar-refractivity contribution in [3.63, 3.8) is 0 Å². The Hall–Kier alpha value is -3.67. The van der Waals surface area contributed by atoms with Crippen molar-refractivity contribution in [2.24, 2.45) is 0 Å². The maximum absolute atomic E-state index is 12.7. The molecule has 0 saturated heterocycles. The average molecular weight is 400 g/mol. The first-order valence-electron chi connectivity index (χ1n) is 9.96. The lowest BCUT2D eigenvalue weighted by Gasteiger charge is -2.32. The topological polar surface area (TPSA) is 67.2 Å². The first kappa shape index (κ1) is 19.6. The molecule has 1 aromatic heterocycles. The number of nitrogens with zero attached hydrogens (tertiary/aromatic N) is 3. The van der Waals surface area contributed by atoms with E-state index in [0.29, 0.717) is 6.54 Å². The molecule has 152 valence electrons. The van der Waals surface area contributed by atoms with Crippen LogP contribution >= 0.6 is 0 Å². The minimum atomic E-state index is -0.291. The molecular weight excluding hydrogens is 376 g/mol. The molecule has 0 bridgehead atoms. The van der Waals surface area contributed by atoms with Gasteiger partial charge in [0.15, 0.2) is 0 Å². The molecule has 1 aliphatic rings. The van der Waals surface area contributed by atoms with E-state index in [9.17, 15) is 9.59 Å². The van der Waals surface area contributed by atoms with E-state index in [-0.39, 0.29) is 24.3 Å². The number of hydrogen-bond acceptors (Lipinski definition) is 3. The molecule has 2 aromatic carbocycles. The van der Waals surface area contributed by atoms with Gasteiger partial charge in [0.05, 0.1) is 18.8 Å². The molecule has 6 heteroatoms. The lowest BCUT2D eigenvalue weighted by Crippen LogP contribution is -2.35. The van der Waals surface area contributed by atoms with Crippen molar-refractivity contribution in [3.8, 4) is 0 Å². The number of carbonyl (C=O) groups is 2. The first-order chi connectivity index (χ1) is 14.6. The second kappa shape index (κ2) is 8.78. The lowest BCUT2D eigenvalue weighted by atomic mass is 9.93. The summed E-state index contributed by atoms with van der Waals surface area (Å²) in [5.41, 5.74) is 4.24. The second-order valence-corrected chi connectivity index (χ2v) is 7.42. The summed E-state index contributed by atoms with van der Waals surface area (Å²) < 4.78 is 2.01. The molecular formula is C24H24N4O2. The summed E-state index contributed by atoms with van der Waals surface area (Å²) in [6.07, 6.45) is 9.38. The number of benzene rings is 2. The fourth-order valence-corrected chi connectivity index (χ4v) is 3.72. The first-order valence-corrected chi connectivity index (χ1v) is 9.96. The molecule has 1 atom stereocenters. The maximum Gasteiger partial charge on any atom is 0.223 e. The van der Waals surface area contributed by atoms with Crippen LogP contribution in [0.4, 0.5) is 0 Å². The number of carbonyl (C=O) groups excluding carboxylic acids is 2. The molecule has 2 amide bonds. The number of aromatic nitrogens is 2. The fourth-order valence-electron chi connectivity index (χ4n) is 3.72. The van der Waals surface area contributed by atoms with Gasteiger partial charge in [0.2, 0.25) is 11.8 Å². The summed E-state index contributed by atoms with van der Waals surface area (Å²) in [6.45, 7) is 2.74. The van der Waals surface area contributed by atoms with Crippen LogP contribution in [-0.2, 0) is 22.7 Å². The molecule has 0 unspecified atom stereocenters. The van der Waals surface area contributed by atoms with E-state index < -0.39 is 0 Å². The number of imidazole rings is 1. The monoisotopic (exact) mass is 400 g/mol. The van der Waals surface area contributed by atoms with Gasteiger partial charge in [-0.2, -0.15) is 0 Å². The summed E-state index contributed by atoms with van der Waals surface area (Å²) in [5, 5.41) is 2.99. The van der Waals surface area contributed by atoms with Gasteiger partial charge in [-0.25, -0.2) is 4.98 Å². The SMILES string of the molecule is CC(=O)N1C=Cc2ccccc2[C@@H]1CC(=O)NCc1ccc(Cn2ccnc2)cc1. The summed E-state index contributed by atoms with van der Waals surface area (Å²) in [4.78, 5) is 30.4. The Bertz CT molecular complexity index is 1060. The Morgan fingerprint density at radius 2 is 1.83 bits per heavy atom. The van der Waals surface area contributed by atoms with Gasteiger partial charge in [-0.05, 0) is 28.3 Å². The molecule has 3 aromatic rings. The summed E-state index contributed by atoms with van der Waals surface area (Å²) in [6, 6.07) is 15.7. The van der Waals surface area contributed by atoms with E-state index in [4.69, 9.17) is 0 Å². The normalized spacial score (nSPS) is 15.0. The van der Waals surface area contributed by atoms with Crippen molar-refractivity contribution < 1.29 is 9.59 Å². The van der Waals surface area contributed by atoms with E-state index in [1.165, 1.54) is 12.5 Å². The standard InChI is InChI=1S/C24H24N4O2/c1-18(29)28-12-10-21-4-2-3-5-22(21)23(28)14-24(30)26-15-19-6-8-20(9-7-19)16-27-13-11-25-17-27/h2-13,17,23H,14-16H2,1H3,(H,26,30)/t23-/m0/s1. The minimum Gasteiger partial charge on any atom is -0.352 e. The van der Waals surface area contributed by atoms with Crippen LogP contribution in [0.5, 0.6) is 0 Å². The molecule has 1 aliphatic heterocycles. The number of rotatable bonds is 6. The molecule has 0 fully saturated rings. The van der Waals surface area contributed by atoms with Gasteiger partial charge in [-0.3, -0.25) is 9.59 Å². The maximum atomic E-state index is 12.7. The van der Waals surface area contributed by atoms with E-state index in [0.717, 1.165) is 23.2 Å². The smallest absolute Gasteiger partial charge is 0.223 e. The van der Waals surface area contributed by atoms with Gasteiger partial charge in [0.25, 0.3) is 0 Å². The van der Waals surface area contributed by atoms with E-state index in [1.54, 1.807) is 23.6 Å². The van der Waals surface area contributed by atoms with Gasteiger partial charge >= 0.3 is 0 Å². The van der Waals surface area contributed by atoms with Crippen molar-refractivity contribution in [2.75, 3.05) is 0 Å². The highest BCUT2D eigenvalue weighted by atomic mass is 16.2. The zero-order chi connectivity index (χ0) is 20.9. The molecule has 1 N–H and O–H groups in total. The van der Waals surface area contributed by atoms with Crippen LogP contribution in [0.2, 0.25) is 0 Å². The number of amides is 2. The van der Waals surface area contributed by atoms with Crippen LogP contribution in [-0.4, -0.2) is 26.3 Å².